The Labute approximate surface area is 188 Å². The van der Waals surface area contributed by atoms with Gasteiger partial charge in [-0.05, 0) is 60.5 Å². The predicted molar refractivity (Wildman–Crippen MR) is 122 cm³/mol. The van der Waals surface area contributed by atoms with E-state index in [0.29, 0.717) is 31.2 Å². The Kier molecular flexibility index (Phi) is 7.35. The van der Waals surface area contributed by atoms with Crippen LogP contribution < -0.4 is 9.47 Å². The van der Waals surface area contributed by atoms with Gasteiger partial charge < -0.3 is 19.1 Å². The van der Waals surface area contributed by atoms with E-state index in [1.54, 1.807) is 42.5 Å². The molecular weight excluding hydrogens is 404 g/mol. The summed E-state index contributed by atoms with van der Waals surface area (Å²) in [6.07, 6.45) is 2.78. The third kappa shape index (κ3) is 5.86. The van der Waals surface area contributed by atoms with E-state index in [9.17, 15) is 4.79 Å². The summed E-state index contributed by atoms with van der Waals surface area (Å²) in [7, 11) is 1.61. The second-order valence-electron chi connectivity index (χ2n) is 7.90. The number of carbonyl (C=O) groups is 1. The van der Waals surface area contributed by atoms with Crippen molar-refractivity contribution in [3.63, 3.8) is 0 Å². The predicted octanol–water partition coefficient (Wildman–Crippen LogP) is 4.35. The molecule has 4 rings (SSSR count). The van der Waals surface area contributed by atoms with E-state index < -0.39 is 0 Å². The summed E-state index contributed by atoms with van der Waals surface area (Å²) in [4.78, 5) is 19.6. The fraction of sp³-hybridized carbons (Fsp3) is 0.308. The number of benzene rings is 2. The first-order valence-corrected chi connectivity index (χ1v) is 10.8. The largest absolute Gasteiger partial charge is 0.497 e. The average molecular weight is 433 g/mol. The molecule has 0 radical (unpaired) electrons. The molecule has 0 spiro atoms. The molecule has 6 heteroatoms. The Morgan fingerprint density at radius 1 is 1.06 bits per heavy atom. The number of rotatable bonds is 9. The van der Waals surface area contributed by atoms with Gasteiger partial charge in [-0.25, -0.2) is 0 Å². The molecule has 1 aliphatic rings. The van der Waals surface area contributed by atoms with Gasteiger partial charge in [0.1, 0.15) is 11.5 Å². The first kappa shape index (κ1) is 21.8. The molecule has 0 unspecified atom stereocenters. The first-order valence-electron chi connectivity index (χ1n) is 10.8. The molecule has 1 fully saturated rings. The lowest BCUT2D eigenvalue weighted by Crippen LogP contribution is -2.30. The molecule has 166 valence electrons. The standard InChI is InChI=1S/C26H28N2O4/c1-30-24-10-8-22(9-11-24)26(29)28(17-23-6-2-3-13-27-23)16-20-5-4-7-25(15-20)32-19-21-12-14-31-18-21/h2-11,13,15,21H,12,14,16-19H2,1H3/t21-/m0/s1. The number of amides is 1. The van der Waals surface area contributed by atoms with Crippen LogP contribution in [0.1, 0.15) is 28.0 Å². The van der Waals surface area contributed by atoms with Crippen LogP contribution in [0, 0.1) is 5.92 Å². The van der Waals surface area contributed by atoms with E-state index in [4.69, 9.17) is 14.2 Å². The molecule has 32 heavy (non-hydrogen) atoms. The van der Waals surface area contributed by atoms with Crippen molar-refractivity contribution < 1.29 is 19.0 Å². The van der Waals surface area contributed by atoms with E-state index in [0.717, 1.165) is 42.4 Å². The van der Waals surface area contributed by atoms with Gasteiger partial charge in [0.15, 0.2) is 0 Å². The second-order valence-corrected chi connectivity index (χ2v) is 7.90. The van der Waals surface area contributed by atoms with Gasteiger partial charge in [0.25, 0.3) is 5.91 Å². The maximum Gasteiger partial charge on any atom is 0.254 e. The maximum atomic E-state index is 13.4. The summed E-state index contributed by atoms with van der Waals surface area (Å²) >= 11 is 0. The van der Waals surface area contributed by atoms with Crippen LogP contribution in [0.4, 0.5) is 0 Å². The smallest absolute Gasteiger partial charge is 0.254 e. The zero-order valence-corrected chi connectivity index (χ0v) is 18.3. The third-order valence-electron chi connectivity index (χ3n) is 5.48. The van der Waals surface area contributed by atoms with Crippen LogP contribution in [0.2, 0.25) is 0 Å². The van der Waals surface area contributed by atoms with Gasteiger partial charge >= 0.3 is 0 Å². The highest BCUT2D eigenvalue weighted by molar-refractivity contribution is 5.94. The van der Waals surface area contributed by atoms with Crippen LogP contribution >= 0.6 is 0 Å². The van der Waals surface area contributed by atoms with Gasteiger partial charge in [0, 0.05) is 30.8 Å². The molecule has 0 aliphatic carbocycles. The Hall–Kier alpha value is -3.38. The molecule has 0 N–H and O–H groups in total. The average Bonchev–Trinajstić information content (AvgIpc) is 3.37. The van der Waals surface area contributed by atoms with Crippen molar-refractivity contribution in [2.24, 2.45) is 5.92 Å². The van der Waals surface area contributed by atoms with E-state index >= 15 is 0 Å². The highest BCUT2D eigenvalue weighted by atomic mass is 16.5. The van der Waals surface area contributed by atoms with Crippen LogP contribution in [0.15, 0.2) is 72.9 Å². The van der Waals surface area contributed by atoms with E-state index in [2.05, 4.69) is 4.98 Å². The Bertz CT molecular complexity index is 1000. The minimum Gasteiger partial charge on any atom is -0.497 e. The Morgan fingerprint density at radius 2 is 1.94 bits per heavy atom. The number of pyridine rings is 1. The zero-order chi connectivity index (χ0) is 22.2. The van der Waals surface area contributed by atoms with Crippen molar-refractivity contribution in [1.82, 2.24) is 9.88 Å². The fourth-order valence-electron chi connectivity index (χ4n) is 3.69. The monoisotopic (exact) mass is 432 g/mol. The normalized spacial score (nSPS) is 15.3. The topological polar surface area (TPSA) is 60.9 Å². The van der Waals surface area contributed by atoms with E-state index in [-0.39, 0.29) is 5.91 Å². The van der Waals surface area contributed by atoms with Gasteiger partial charge in [-0.2, -0.15) is 0 Å². The van der Waals surface area contributed by atoms with Gasteiger partial charge in [0.05, 0.1) is 32.6 Å². The molecule has 1 aromatic heterocycles. The SMILES string of the molecule is COc1ccc(C(=O)N(Cc2cccc(OC[C@H]3CCOC3)c2)Cc2ccccn2)cc1. The van der Waals surface area contributed by atoms with Crippen molar-refractivity contribution in [3.05, 3.63) is 89.7 Å². The molecule has 2 heterocycles. The maximum absolute atomic E-state index is 13.4. The summed E-state index contributed by atoms with van der Waals surface area (Å²) in [5, 5.41) is 0. The van der Waals surface area contributed by atoms with Crippen molar-refractivity contribution >= 4 is 5.91 Å². The minimum atomic E-state index is -0.0623. The number of aromatic nitrogens is 1. The molecule has 0 bridgehead atoms. The van der Waals surface area contributed by atoms with Crippen LogP contribution in [-0.2, 0) is 17.8 Å². The lowest BCUT2D eigenvalue weighted by Gasteiger charge is -2.23. The number of methoxy groups -OCH3 is 1. The Morgan fingerprint density at radius 3 is 2.66 bits per heavy atom. The van der Waals surface area contributed by atoms with Gasteiger partial charge in [-0.3, -0.25) is 9.78 Å². The highest BCUT2D eigenvalue weighted by Gasteiger charge is 2.19. The molecule has 0 saturated carbocycles. The quantitative estimate of drug-likeness (QED) is 0.503. The molecule has 6 nitrogen and oxygen atoms in total. The molecule has 1 saturated heterocycles. The summed E-state index contributed by atoms with van der Waals surface area (Å²) in [5.41, 5.74) is 2.45. The summed E-state index contributed by atoms with van der Waals surface area (Å²) in [6, 6.07) is 20.8. The van der Waals surface area contributed by atoms with Gasteiger partial charge in [-0.15, -0.1) is 0 Å². The molecule has 1 aliphatic heterocycles. The molecule has 3 aromatic rings. The fourth-order valence-corrected chi connectivity index (χ4v) is 3.69. The van der Waals surface area contributed by atoms with E-state index in [1.165, 1.54) is 0 Å². The van der Waals surface area contributed by atoms with Crippen LogP contribution in [0.3, 0.4) is 0 Å². The number of hydrogen-bond donors (Lipinski definition) is 0. The molecule has 2 aromatic carbocycles. The van der Waals surface area contributed by atoms with Crippen molar-refractivity contribution in [1.29, 1.82) is 0 Å². The van der Waals surface area contributed by atoms with Crippen molar-refractivity contribution in [2.45, 2.75) is 19.5 Å². The Balaban J connectivity index is 1.50. The zero-order valence-electron chi connectivity index (χ0n) is 18.3. The lowest BCUT2D eigenvalue weighted by atomic mass is 10.1. The first-order chi connectivity index (χ1) is 15.7. The van der Waals surface area contributed by atoms with Crippen molar-refractivity contribution in [2.75, 3.05) is 26.9 Å². The van der Waals surface area contributed by atoms with E-state index in [1.807, 2.05) is 42.5 Å². The van der Waals surface area contributed by atoms with Crippen LogP contribution in [0.5, 0.6) is 11.5 Å². The van der Waals surface area contributed by atoms with Crippen LogP contribution in [0.25, 0.3) is 0 Å². The number of hydrogen-bond acceptors (Lipinski definition) is 5. The number of carbonyl (C=O) groups excluding carboxylic acids is 1. The van der Waals surface area contributed by atoms with Crippen LogP contribution in [-0.4, -0.2) is 42.7 Å². The highest BCUT2D eigenvalue weighted by Crippen LogP contribution is 2.21. The summed E-state index contributed by atoms with van der Waals surface area (Å²) in [6.45, 7) is 3.07. The van der Waals surface area contributed by atoms with Gasteiger partial charge in [-0.1, -0.05) is 18.2 Å². The number of ether oxygens (including phenoxy) is 3. The molecule has 1 atom stereocenters. The molecule has 1 amide bonds. The summed E-state index contributed by atoms with van der Waals surface area (Å²) in [5.74, 6) is 1.91. The minimum absolute atomic E-state index is 0.0623. The number of nitrogens with zero attached hydrogens (tertiary/aromatic N) is 2. The molecular formula is C26H28N2O4. The second kappa shape index (κ2) is 10.8. The third-order valence-corrected chi connectivity index (χ3v) is 5.48. The van der Waals surface area contributed by atoms with Gasteiger partial charge in [0.2, 0.25) is 0 Å². The lowest BCUT2D eigenvalue weighted by molar-refractivity contribution is 0.0727. The summed E-state index contributed by atoms with van der Waals surface area (Å²) < 4.78 is 16.6. The van der Waals surface area contributed by atoms with Crippen molar-refractivity contribution in [3.8, 4) is 11.5 Å².